The largest absolute Gasteiger partial charge is 0.469 e. The molecular formula is C36H45N5O4. The predicted octanol–water partition coefficient (Wildman–Crippen LogP) is 8.01. The zero-order chi connectivity index (χ0) is 32.6. The van der Waals surface area contributed by atoms with Gasteiger partial charge in [-0.3, -0.25) is 9.78 Å². The van der Waals surface area contributed by atoms with E-state index < -0.39 is 0 Å². The molecule has 9 nitrogen and oxygen atoms in total. The van der Waals surface area contributed by atoms with Gasteiger partial charge >= 0.3 is 12.1 Å². The summed E-state index contributed by atoms with van der Waals surface area (Å²) in [5.41, 5.74) is 14.2. The number of carbonyl (C=O) groups excluding carboxylic acids is 2. The summed E-state index contributed by atoms with van der Waals surface area (Å²) in [6.45, 7) is 15.2. The molecule has 5 heterocycles. The number of methoxy groups -OCH3 is 1. The minimum Gasteiger partial charge on any atom is -0.469 e. The number of H-pyrrole nitrogens is 2. The first-order valence-corrected chi connectivity index (χ1v) is 15.8. The summed E-state index contributed by atoms with van der Waals surface area (Å²) in [5.74, 6) is -0.0980. The van der Waals surface area contributed by atoms with Crippen molar-refractivity contribution in [1.29, 1.82) is 0 Å². The van der Waals surface area contributed by atoms with Crippen LogP contribution in [0.2, 0.25) is 0 Å². The molecule has 0 aromatic carbocycles. The molecule has 1 unspecified atom stereocenters. The molecule has 0 radical (unpaired) electrons. The highest BCUT2D eigenvalue weighted by Crippen LogP contribution is 2.42. The normalized spacial score (nSPS) is 16.2. The number of nitrogens with one attached hydrogen (secondary N) is 2. The zero-order valence-electron chi connectivity index (χ0n) is 28.0. The van der Waals surface area contributed by atoms with Crippen molar-refractivity contribution < 1.29 is 19.1 Å². The van der Waals surface area contributed by atoms with Gasteiger partial charge in [-0.15, -0.1) is 0 Å². The van der Waals surface area contributed by atoms with Crippen LogP contribution in [0.15, 0.2) is 24.3 Å². The number of hydrogen-bond donors (Lipinski definition) is 2. The van der Waals surface area contributed by atoms with Crippen molar-refractivity contribution in [1.82, 2.24) is 24.8 Å². The fraction of sp³-hybridized carbons (Fsp3) is 0.444. The van der Waals surface area contributed by atoms with Gasteiger partial charge in [-0.2, -0.15) is 0 Å². The lowest BCUT2D eigenvalue weighted by molar-refractivity contribution is -0.140. The predicted molar refractivity (Wildman–Crippen MR) is 179 cm³/mol. The highest BCUT2D eigenvalue weighted by molar-refractivity contribution is 5.93. The Balaban J connectivity index is 1.84. The molecule has 0 aliphatic carbocycles. The van der Waals surface area contributed by atoms with Crippen LogP contribution in [0, 0.1) is 20.8 Å². The first-order valence-electron chi connectivity index (χ1n) is 15.8. The minimum atomic E-state index is -0.367. The summed E-state index contributed by atoms with van der Waals surface area (Å²) in [4.78, 5) is 44.1. The molecule has 8 bridgehead atoms. The van der Waals surface area contributed by atoms with E-state index in [0.29, 0.717) is 26.0 Å². The fourth-order valence-electron chi connectivity index (χ4n) is 6.56. The van der Waals surface area contributed by atoms with Gasteiger partial charge in [0.2, 0.25) is 0 Å². The Hall–Kier alpha value is -4.40. The lowest BCUT2D eigenvalue weighted by Gasteiger charge is -2.17. The number of nitrogens with zero attached hydrogens (tertiary/aromatic N) is 3. The van der Waals surface area contributed by atoms with E-state index in [1.807, 2.05) is 6.92 Å². The maximum absolute atomic E-state index is 12.6. The Labute approximate surface area is 265 Å². The van der Waals surface area contributed by atoms with Gasteiger partial charge in [0.25, 0.3) is 0 Å². The Morgan fingerprint density at radius 3 is 2.29 bits per heavy atom. The fourth-order valence-corrected chi connectivity index (χ4v) is 6.56. The molecule has 2 atom stereocenters. The third kappa shape index (κ3) is 6.13. The van der Waals surface area contributed by atoms with Gasteiger partial charge in [0.05, 0.1) is 31.6 Å². The SMILES string of the molecule is CCOC(=O)N(C)Cc1c(C)c2cc3nc(c(C)c4cc(C)c(cc5nc(cc1[nH]2)C(C)=C5CC)[nH]4)[C@@H](CCC(=O)OC)C3C. The van der Waals surface area contributed by atoms with Gasteiger partial charge in [-0.05, 0) is 99.6 Å². The number of amides is 1. The average Bonchev–Trinajstić information content (AvgIpc) is 3.71. The van der Waals surface area contributed by atoms with Crippen LogP contribution in [0.4, 0.5) is 4.79 Å². The number of hydrogen-bond acceptors (Lipinski definition) is 6. The second-order valence-corrected chi connectivity index (χ2v) is 12.2. The molecule has 45 heavy (non-hydrogen) atoms. The number of esters is 1. The van der Waals surface area contributed by atoms with Gasteiger partial charge in [-0.1, -0.05) is 13.8 Å². The molecule has 5 rings (SSSR count). The van der Waals surface area contributed by atoms with E-state index in [9.17, 15) is 9.59 Å². The van der Waals surface area contributed by atoms with Crippen molar-refractivity contribution in [3.63, 3.8) is 0 Å². The number of rotatable bonds is 7. The number of aromatic nitrogens is 4. The van der Waals surface area contributed by atoms with Crippen LogP contribution in [0.1, 0.15) is 104 Å². The van der Waals surface area contributed by atoms with Crippen LogP contribution < -0.4 is 0 Å². The number of fused-ring (bicyclic) bond motifs is 8. The summed E-state index contributed by atoms with van der Waals surface area (Å²) in [5, 5.41) is 0. The van der Waals surface area contributed by atoms with E-state index in [2.05, 4.69) is 75.8 Å². The quantitative estimate of drug-likeness (QED) is 0.262. The summed E-state index contributed by atoms with van der Waals surface area (Å²) in [6, 6.07) is 8.53. The standard InChI is InChI=1S/C36H45N5O4/c1-10-24-20(4)30-17-33-26(18-41(8)36(43)45-11-2)22(6)29(39-33)16-31-21(5)25(12-13-34(42)44-9)35(40-31)23(7)28-14-19(3)27(37-28)15-32(24)38-30/h14-17,21,25,37,39H,10-13,18H2,1-9H3/t21?,25-/m0/s1. The monoisotopic (exact) mass is 611 g/mol. The van der Waals surface area contributed by atoms with Crippen molar-refractivity contribution in [2.24, 2.45) is 0 Å². The van der Waals surface area contributed by atoms with Crippen LogP contribution in [0.5, 0.6) is 0 Å². The number of aromatic amines is 2. The van der Waals surface area contributed by atoms with E-state index >= 15 is 0 Å². The first-order chi connectivity index (χ1) is 21.5. The van der Waals surface area contributed by atoms with Gasteiger partial charge in [-0.25, -0.2) is 9.78 Å². The first kappa shape index (κ1) is 32.0. The molecule has 1 amide bonds. The van der Waals surface area contributed by atoms with E-state index in [1.54, 1.807) is 11.9 Å². The van der Waals surface area contributed by atoms with Crippen molar-refractivity contribution >= 4 is 45.3 Å². The van der Waals surface area contributed by atoms with Crippen molar-refractivity contribution in [3.05, 3.63) is 69.3 Å². The van der Waals surface area contributed by atoms with Crippen molar-refractivity contribution in [2.45, 2.75) is 86.1 Å². The molecule has 3 aromatic rings. The van der Waals surface area contributed by atoms with Gasteiger partial charge in [0.1, 0.15) is 0 Å². The number of allylic oxidation sites excluding steroid dienone is 2. The molecule has 238 valence electrons. The lowest BCUT2D eigenvalue weighted by atomic mass is 9.86. The Bertz CT molecular complexity index is 1850. The minimum absolute atomic E-state index is 0.0472. The third-order valence-electron chi connectivity index (χ3n) is 9.42. The second-order valence-electron chi connectivity index (χ2n) is 12.2. The van der Waals surface area contributed by atoms with Crippen LogP contribution in [-0.4, -0.2) is 57.7 Å². The molecule has 0 spiro atoms. The molecular weight excluding hydrogens is 566 g/mol. The molecule has 3 aromatic heterocycles. The molecule has 0 fully saturated rings. The molecule has 0 saturated carbocycles. The smallest absolute Gasteiger partial charge is 0.409 e. The van der Waals surface area contributed by atoms with Gasteiger partial charge in [0, 0.05) is 64.3 Å². The highest BCUT2D eigenvalue weighted by atomic mass is 16.6. The lowest BCUT2D eigenvalue weighted by Crippen LogP contribution is -2.27. The average molecular weight is 612 g/mol. The van der Waals surface area contributed by atoms with Crippen LogP contribution in [0.3, 0.4) is 0 Å². The van der Waals surface area contributed by atoms with Crippen LogP contribution in [0.25, 0.3) is 33.2 Å². The number of aryl methyl sites for hydroxylation is 3. The van der Waals surface area contributed by atoms with Crippen molar-refractivity contribution in [2.75, 3.05) is 20.8 Å². The summed E-state index contributed by atoms with van der Waals surface area (Å²) < 4.78 is 10.3. The van der Waals surface area contributed by atoms with E-state index in [1.165, 1.54) is 12.7 Å². The maximum Gasteiger partial charge on any atom is 0.409 e. The Kier molecular flexibility index (Phi) is 9.18. The summed E-state index contributed by atoms with van der Waals surface area (Å²) in [6.07, 6.45) is 1.45. The molecule has 9 heteroatoms. The third-order valence-corrected chi connectivity index (χ3v) is 9.42. The van der Waals surface area contributed by atoms with Gasteiger partial charge < -0.3 is 24.3 Å². The zero-order valence-corrected chi connectivity index (χ0v) is 28.0. The topological polar surface area (TPSA) is 113 Å². The Morgan fingerprint density at radius 2 is 1.60 bits per heavy atom. The van der Waals surface area contributed by atoms with Gasteiger partial charge in [0.15, 0.2) is 0 Å². The van der Waals surface area contributed by atoms with Crippen LogP contribution in [-0.2, 0) is 20.8 Å². The highest BCUT2D eigenvalue weighted by Gasteiger charge is 2.31. The van der Waals surface area contributed by atoms with E-state index in [0.717, 1.165) is 79.1 Å². The molecule has 2 aliphatic rings. The van der Waals surface area contributed by atoms with E-state index in [-0.39, 0.29) is 23.9 Å². The van der Waals surface area contributed by atoms with Crippen LogP contribution >= 0.6 is 0 Å². The number of carbonyl (C=O) groups is 2. The van der Waals surface area contributed by atoms with Crippen molar-refractivity contribution in [3.8, 4) is 0 Å². The molecule has 2 aliphatic heterocycles. The number of ether oxygens (including phenoxy) is 2. The summed E-state index contributed by atoms with van der Waals surface area (Å²) >= 11 is 0. The second kappa shape index (κ2) is 12.9. The molecule has 2 N–H and O–H groups in total. The maximum atomic E-state index is 12.6. The molecule has 0 saturated heterocycles. The summed E-state index contributed by atoms with van der Waals surface area (Å²) in [7, 11) is 3.18. The van der Waals surface area contributed by atoms with E-state index in [4.69, 9.17) is 19.4 Å². The Morgan fingerprint density at radius 1 is 0.911 bits per heavy atom.